The molecule has 3 heterocycles. The van der Waals surface area contributed by atoms with Gasteiger partial charge >= 0.3 is 0 Å². The Morgan fingerprint density at radius 1 is 1.04 bits per heavy atom. The third-order valence-corrected chi connectivity index (χ3v) is 4.60. The monoisotopic (exact) mass is 352 g/mol. The van der Waals surface area contributed by atoms with Gasteiger partial charge in [-0.05, 0) is 18.2 Å². The molecule has 1 aliphatic carbocycles. The lowest BCUT2D eigenvalue weighted by molar-refractivity contribution is 0.104. The number of rotatable bonds is 2. The highest BCUT2D eigenvalue weighted by molar-refractivity contribution is 6.26. The second-order valence-electron chi connectivity index (χ2n) is 5.88. The predicted octanol–water partition coefficient (Wildman–Crippen LogP) is 1.88. The number of aromatic nitrogens is 2. The minimum Gasteiger partial charge on any atom is -0.493 e. The van der Waals surface area contributed by atoms with Crippen molar-refractivity contribution in [3.8, 4) is 34.5 Å². The van der Waals surface area contributed by atoms with Gasteiger partial charge in [-0.1, -0.05) is 0 Å². The lowest BCUT2D eigenvalue weighted by Crippen LogP contribution is -2.10. The number of benzene rings is 1. The molecule has 2 aromatic heterocycles. The van der Waals surface area contributed by atoms with E-state index in [1.165, 1.54) is 14.2 Å². The summed E-state index contributed by atoms with van der Waals surface area (Å²) in [5.41, 5.74) is 1.13. The van der Waals surface area contributed by atoms with Crippen molar-refractivity contribution in [1.29, 1.82) is 0 Å². The molecule has 0 saturated heterocycles. The molecule has 8 heteroatoms. The molecule has 2 aliphatic rings. The van der Waals surface area contributed by atoms with Gasteiger partial charge in [0.05, 0.1) is 36.4 Å². The van der Waals surface area contributed by atoms with Crippen LogP contribution in [0, 0.1) is 0 Å². The molecule has 26 heavy (non-hydrogen) atoms. The Kier molecular flexibility index (Phi) is 2.83. The van der Waals surface area contributed by atoms with Gasteiger partial charge in [0.25, 0.3) is 11.4 Å². The van der Waals surface area contributed by atoms with E-state index in [0.29, 0.717) is 56.4 Å². The number of H-pyrrole nitrogens is 1. The largest absolute Gasteiger partial charge is 0.493 e. The third kappa shape index (κ3) is 1.75. The Balaban J connectivity index is 1.87. The summed E-state index contributed by atoms with van der Waals surface area (Å²) in [5, 5.41) is 0.814. The summed E-state index contributed by atoms with van der Waals surface area (Å²) in [5.74, 6) is 1.31. The topological polar surface area (TPSA) is 99.7 Å². The van der Waals surface area contributed by atoms with E-state index in [-0.39, 0.29) is 18.1 Å². The van der Waals surface area contributed by atoms with Crippen LogP contribution in [0.25, 0.3) is 22.2 Å². The minimum absolute atomic E-state index is 0.0531. The van der Waals surface area contributed by atoms with E-state index >= 15 is 0 Å². The van der Waals surface area contributed by atoms with E-state index in [1.54, 1.807) is 18.2 Å². The highest BCUT2D eigenvalue weighted by Crippen LogP contribution is 2.43. The van der Waals surface area contributed by atoms with Gasteiger partial charge in [-0.2, -0.15) is 0 Å². The molecule has 0 fully saturated rings. The average molecular weight is 352 g/mol. The number of aromatic amines is 1. The van der Waals surface area contributed by atoms with Crippen molar-refractivity contribution in [2.24, 2.45) is 0 Å². The van der Waals surface area contributed by atoms with E-state index in [1.807, 2.05) is 0 Å². The van der Waals surface area contributed by atoms with Gasteiger partial charge in [-0.3, -0.25) is 9.59 Å². The summed E-state index contributed by atoms with van der Waals surface area (Å²) >= 11 is 0. The van der Waals surface area contributed by atoms with E-state index in [4.69, 9.17) is 18.9 Å². The number of hydrogen-bond donors (Lipinski definition) is 1. The maximum Gasteiger partial charge on any atom is 0.260 e. The van der Waals surface area contributed by atoms with Crippen LogP contribution in [0.15, 0.2) is 23.0 Å². The van der Waals surface area contributed by atoms with Crippen molar-refractivity contribution in [3.63, 3.8) is 0 Å². The number of ketones is 1. The summed E-state index contributed by atoms with van der Waals surface area (Å²) in [6.07, 6.45) is 0. The highest BCUT2D eigenvalue weighted by Gasteiger charge is 2.35. The first-order chi connectivity index (χ1) is 12.6. The molecular weight excluding hydrogens is 340 g/mol. The molecule has 0 spiro atoms. The van der Waals surface area contributed by atoms with Gasteiger partial charge in [0, 0.05) is 5.39 Å². The zero-order valence-electron chi connectivity index (χ0n) is 13.8. The number of nitrogens with zero attached hydrogens (tertiary/aromatic N) is 1. The predicted molar refractivity (Wildman–Crippen MR) is 90.5 cm³/mol. The quantitative estimate of drug-likeness (QED) is 0.588. The maximum absolute atomic E-state index is 13.0. The van der Waals surface area contributed by atoms with Crippen LogP contribution in [0.3, 0.4) is 0 Å². The number of carbonyl (C=O) groups excluding carboxylic acids is 1. The fourth-order valence-electron chi connectivity index (χ4n) is 3.40. The number of pyridine rings is 2. The number of nitrogens with one attached hydrogen (secondary N) is 1. The number of ether oxygens (including phenoxy) is 4. The molecule has 0 unspecified atom stereocenters. The number of methoxy groups -OCH3 is 2. The molecule has 0 atom stereocenters. The summed E-state index contributed by atoms with van der Waals surface area (Å²) in [6.45, 7) is 0.0531. The van der Waals surface area contributed by atoms with Crippen LogP contribution in [0.5, 0.6) is 23.1 Å². The lowest BCUT2D eigenvalue weighted by Gasteiger charge is -2.10. The van der Waals surface area contributed by atoms with E-state index < -0.39 is 0 Å². The van der Waals surface area contributed by atoms with Crippen molar-refractivity contribution in [2.45, 2.75) is 0 Å². The van der Waals surface area contributed by atoms with Crippen LogP contribution in [-0.4, -0.2) is 36.8 Å². The maximum atomic E-state index is 13.0. The molecule has 0 radical (unpaired) electrons. The van der Waals surface area contributed by atoms with Crippen molar-refractivity contribution in [1.82, 2.24) is 9.97 Å². The van der Waals surface area contributed by atoms with Crippen molar-refractivity contribution >= 4 is 16.6 Å². The van der Waals surface area contributed by atoms with E-state index in [0.717, 1.165) is 0 Å². The molecule has 1 aliphatic heterocycles. The first-order valence-electron chi connectivity index (χ1n) is 7.80. The first kappa shape index (κ1) is 14.8. The third-order valence-electron chi connectivity index (χ3n) is 4.60. The molecule has 1 aromatic carbocycles. The summed E-state index contributed by atoms with van der Waals surface area (Å²) < 4.78 is 21.2. The molecule has 8 nitrogen and oxygen atoms in total. The second-order valence-corrected chi connectivity index (χ2v) is 5.88. The Morgan fingerprint density at radius 2 is 1.77 bits per heavy atom. The average Bonchev–Trinajstić information content (AvgIpc) is 3.22. The number of fused-ring (bicyclic) bond motifs is 6. The highest BCUT2D eigenvalue weighted by atomic mass is 16.7. The van der Waals surface area contributed by atoms with Crippen LogP contribution in [0.2, 0.25) is 0 Å². The molecule has 0 bridgehead atoms. The molecule has 3 aromatic rings. The molecule has 0 amide bonds. The molecule has 0 saturated carbocycles. The Labute approximate surface area is 146 Å². The lowest BCUT2D eigenvalue weighted by atomic mass is 10.0. The zero-order valence-corrected chi connectivity index (χ0v) is 13.8. The van der Waals surface area contributed by atoms with Gasteiger partial charge < -0.3 is 23.9 Å². The minimum atomic E-state index is -0.347. The van der Waals surface area contributed by atoms with Crippen LogP contribution in [0.4, 0.5) is 0 Å². The van der Waals surface area contributed by atoms with Gasteiger partial charge in [0.2, 0.25) is 6.79 Å². The van der Waals surface area contributed by atoms with Crippen molar-refractivity contribution in [3.05, 3.63) is 39.7 Å². The first-order valence-corrected chi connectivity index (χ1v) is 7.80. The van der Waals surface area contributed by atoms with Crippen molar-refractivity contribution in [2.75, 3.05) is 21.0 Å². The van der Waals surface area contributed by atoms with Crippen molar-refractivity contribution < 1.29 is 23.7 Å². The smallest absolute Gasteiger partial charge is 0.260 e. The molecule has 130 valence electrons. The van der Waals surface area contributed by atoms with Gasteiger partial charge in [0.15, 0.2) is 23.0 Å². The Hall–Kier alpha value is -3.55. The normalized spacial score (nSPS) is 13.7. The number of hydrogen-bond acceptors (Lipinski definition) is 7. The SMILES string of the molecule is COc1cc2c3c([nH]c(=O)c2cc1OC)-c1nc2c(cc1C3=O)OCO2. The summed E-state index contributed by atoms with van der Waals surface area (Å²) in [6, 6.07) is 4.79. The van der Waals surface area contributed by atoms with Crippen LogP contribution >= 0.6 is 0 Å². The van der Waals surface area contributed by atoms with Gasteiger partial charge in [-0.25, -0.2) is 4.98 Å². The molecule has 5 rings (SSSR count). The second kappa shape index (κ2) is 4.98. The van der Waals surface area contributed by atoms with E-state index in [2.05, 4.69) is 9.97 Å². The fourth-order valence-corrected chi connectivity index (χ4v) is 3.40. The van der Waals surface area contributed by atoms with Crippen LogP contribution in [-0.2, 0) is 0 Å². The Bertz CT molecular complexity index is 1180. The fraction of sp³-hybridized carbons (Fsp3) is 0.167. The Morgan fingerprint density at radius 3 is 2.50 bits per heavy atom. The number of carbonyl (C=O) groups is 1. The van der Waals surface area contributed by atoms with Gasteiger partial charge in [0.1, 0.15) is 5.69 Å². The van der Waals surface area contributed by atoms with Gasteiger partial charge in [-0.15, -0.1) is 0 Å². The summed E-state index contributed by atoms with van der Waals surface area (Å²) in [7, 11) is 2.98. The molecular formula is C18H12N2O6. The van der Waals surface area contributed by atoms with E-state index in [9.17, 15) is 9.59 Å². The standard InChI is InChI=1S/C18H12N2O6/c1-23-10-3-7-8(4-11(10)24-2)17(22)19-15-13(7)16(21)9-5-12-18(20-14(9)15)26-6-25-12/h3-5H,6H2,1-2H3,(H,19,22). The summed E-state index contributed by atoms with van der Waals surface area (Å²) in [4.78, 5) is 32.8. The van der Waals surface area contributed by atoms with Crippen LogP contribution in [0.1, 0.15) is 15.9 Å². The zero-order chi connectivity index (χ0) is 18.0. The van der Waals surface area contributed by atoms with Crippen LogP contribution < -0.4 is 24.5 Å². The molecule has 1 N–H and O–H groups in total.